The van der Waals surface area contributed by atoms with Crippen LogP contribution in [0.5, 0.6) is 0 Å². The zero-order valence-electron chi connectivity index (χ0n) is 24.3. The monoisotopic (exact) mass is 613 g/mol. The average molecular weight is 614 g/mol. The Kier molecular flexibility index (Phi) is 10.8. The molecule has 1 heterocycles. The van der Waals surface area contributed by atoms with Crippen LogP contribution in [0.15, 0.2) is 77.8 Å². The lowest BCUT2D eigenvalue weighted by Crippen LogP contribution is -2.55. The first kappa shape index (κ1) is 32.2. The first-order chi connectivity index (χ1) is 21.7. The second-order valence-corrected chi connectivity index (χ2v) is 10.1. The van der Waals surface area contributed by atoms with Crippen LogP contribution in [0.25, 0.3) is 21.8 Å². The average Bonchev–Trinajstić information content (AvgIpc) is 3.03. The van der Waals surface area contributed by atoms with Crippen LogP contribution in [-0.4, -0.2) is 71.5 Å². The van der Waals surface area contributed by atoms with Gasteiger partial charge in [-0.15, -0.1) is 0 Å². The fraction of sp³-hybridized carbons (Fsp3) is 0.226. The summed E-state index contributed by atoms with van der Waals surface area (Å²) in [6.07, 6.45) is 0.398. The van der Waals surface area contributed by atoms with Crippen LogP contribution in [0.4, 0.5) is 11.4 Å². The molecule has 0 aliphatic rings. The summed E-state index contributed by atoms with van der Waals surface area (Å²) in [5, 5.41) is 21.8. The van der Waals surface area contributed by atoms with Crippen LogP contribution >= 0.6 is 0 Å². The lowest BCUT2D eigenvalue weighted by Gasteiger charge is -2.21. The Morgan fingerprint density at radius 2 is 1.56 bits per heavy atom. The van der Waals surface area contributed by atoms with Crippen LogP contribution in [0.1, 0.15) is 23.2 Å². The van der Waals surface area contributed by atoms with E-state index in [0.29, 0.717) is 22.8 Å². The summed E-state index contributed by atoms with van der Waals surface area (Å²) in [5.74, 6) is -3.04. The molecular formula is C31H35N9O5. The molecule has 0 saturated heterocycles. The van der Waals surface area contributed by atoms with Gasteiger partial charge in [-0.05, 0) is 37.1 Å². The quantitative estimate of drug-likeness (QED) is 0.0423. The first-order valence-electron chi connectivity index (χ1n) is 14.1. The van der Waals surface area contributed by atoms with Crippen LogP contribution in [0.3, 0.4) is 0 Å². The van der Waals surface area contributed by atoms with Crippen LogP contribution in [0.2, 0.25) is 0 Å². The van der Waals surface area contributed by atoms with Crippen molar-refractivity contribution in [3.05, 3.63) is 78.4 Å². The number of hydrogen-bond acceptors (Lipinski definition) is 8. The van der Waals surface area contributed by atoms with Crippen LogP contribution in [0, 0.1) is 0 Å². The number of pyridine rings is 1. The molecule has 3 aromatic carbocycles. The molecule has 0 unspecified atom stereocenters. The number of primary amides is 1. The maximum atomic E-state index is 13.4. The fourth-order valence-corrected chi connectivity index (χ4v) is 4.65. The number of carbonyl (C=O) groups excluding carboxylic acids is 4. The van der Waals surface area contributed by atoms with Gasteiger partial charge in [0.1, 0.15) is 12.1 Å². The number of fused-ring (bicyclic) bond motifs is 2. The summed E-state index contributed by atoms with van der Waals surface area (Å²) in [6, 6.07) is 19.9. The van der Waals surface area contributed by atoms with Crippen molar-refractivity contribution in [3.8, 4) is 0 Å². The zero-order valence-corrected chi connectivity index (χ0v) is 24.3. The molecule has 1 aromatic heterocycles. The topological polar surface area (TPSA) is 240 Å². The second kappa shape index (κ2) is 15.1. The number of rotatable bonds is 14. The lowest BCUT2D eigenvalue weighted by atomic mass is 10.0. The summed E-state index contributed by atoms with van der Waals surface area (Å²) in [4.78, 5) is 59.2. The Morgan fingerprint density at radius 3 is 2.27 bits per heavy atom. The van der Waals surface area contributed by atoms with E-state index < -0.39 is 48.9 Å². The van der Waals surface area contributed by atoms with E-state index >= 15 is 0 Å². The summed E-state index contributed by atoms with van der Waals surface area (Å²) in [7, 11) is 0. The summed E-state index contributed by atoms with van der Waals surface area (Å²) in [6.45, 7) is -1.00. The number of para-hydroxylation sites is 3. The highest BCUT2D eigenvalue weighted by Crippen LogP contribution is 2.34. The number of nitrogens with one attached hydrogen (secondary N) is 4. The summed E-state index contributed by atoms with van der Waals surface area (Å²) < 4.78 is 0. The van der Waals surface area contributed by atoms with E-state index in [2.05, 4.69) is 26.3 Å². The molecule has 234 valence electrons. The smallest absolute Gasteiger partial charge is 0.253 e. The van der Waals surface area contributed by atoms with Gasteiger partial charge < -0.3 is 43.6 Å². The van der Waals surface area contributed by atoms with E-state index in [1.807, 2.05) is 60.7 Å². The Bertz CT molecular complexity index is 1730. The minimum Gasteiger partial charge on any atom is -0.394 e. The molecule has 45 heavy (non-hydrogen) atoms. The lowest BCUT2D eigenvalue weighted by molar-refractivity contribution is -0.131. The van der Waals surface area contributed by atoms with E-state index in [4.69, 9.17) is 22.2 Å². The SMILES string of the molecule is NC(=O)[C@H](CO)NC(=O)[C@H](CCCN=C(N)N)NC(=O)CNC(=O)c1cccc2c(Nc3ccccc3)c3ccccc3nc12. The molecule has 0 aliphatic carbocycles. The van der Waals surface area contributed by atoms with Crippen molar-refractivity contribution < 1.29 is 24.3 Å². The molecule has 0 spiro atoms. The van der Waals surface area contributed by atoms with Crippen LogP contribution < -0.4 is 38.5 Å². The highest BCUT2D eigenvalue weighted by atomic mass is 16.3. The predicted octanol–water partition coefficient (Wildman–Crippen LogP) is 0.362. The van der Waals surface area contributed by atoms with E-state index in [1.54, 1.807) is 12.1 Å². The number of aliphatic hydroxyl groups is 1. The van der Waals surface area contributed by atoms with Crippen molar-refractivity contribution >= 4 is 62.8 Å². The van der Waals surface area contributed by atoms with Gasteiger partial charge in [0.2, 0.25) is 17.7 Å². The minimum absolute atomic E-state index is 0.0940. The van der Waals surface area contributed by atoms with Gasteiger partial charge in [-0.2, -0.15) is 0 Å². The van der Waals surface area contributed by atoms with E-state index in [0.717, 1.165) is 16.8 Å². The standard InChI is InChI=1S/C31H35N9O5/c32-28(43)24(17-41)40-30(45)23(14-7-15-35-31(33)34)38-25(42)16-36-29(44)21-12-6-11-20-26(37-18-8-2-1-3-9-18)19-10-4-5-13-22(19)39-27(20)21/h1-6,8-13,23-24,41H,7,14-17H2,(H2,32,43)(H,36,44)(H,37,39)(H,38,42)(H,40,45)(H4,33,34,35)/t23-,24-/m0/s1. The molecule has 0 radical (unpaired) electrons. The second-order valence-electron chi connectivity index (χ2n) is 10.1. The van der Waals surface area contributed by atoms with Crippen molar-refractivity contribution in [2.75, 3.05) is 25.0 Å². The zero-order chi connectivity index (χ0) is 32.3. The number of aliphatic hydroxyl groups excluding tert-OH is 1. The van der Waals surface area contributed by atoms with Crippen molar-refractivity contribution in [1.29, 1.82) is 0 Å². The molecular weight excluding hydrogens is 578 g/mol. The normalized spacial score (nSPS) is 12.1. The van der Waals surface area contributed by atoms with E-state index in [-0.39, 0.29) is 24.5 Å². The molecule has 2 atom stereocenters. The Labute approximate surface area is 258 Å². The third-order valence-electron chi connectivity index (χ3n) is 6.85. The van der Waals surface area contributed by atoms with E-state index in [1.165, 1.54) is 0 Å². The number of guanidine groups is 1. The number of aliphatic imine (C=N–C) groups is 1. The van der Waals surface area contributed by atoms with Gasteiger partial charge in [0, 0.05) is 23.0 Å². The van der Waals surface area contributed by atoms with Crippen molar-refractivity contribution in [1.82, 2.24) is 20.9 Å². The number of aromatic nitrogens is 1. The Morgan fingerprint density at radius 1 is 0.844 bits per heavy atom. The largest absolute Gasteiger partial charge is 0.394 e. The molecule has 14 heteroatoms. The molecule has 0 saturated carbocycles. The third-order valence-corrected chi connectivity index (χ3v) is 6.85. The number of nitrogens with zero attached hydrogens (tertiary/aromatic N) is 2. The molecule has 4 rings (SSSR count). The molecule has 11 N–H and O–H groups in total. The molecule has 0 aliphatic heterocycles. The van der Waals surface area contributed by atoms with Crippen molar-refractivity contribution in [3.63, 3.8) is 0 Å². The maximum Gasteiger partial charge on any atom is 0.253 e. The third kappa shape index (κ3) is 8.42. The number of nitrogens with two attached hydrogens (primary N) is 3. The summed E-state index contributed by atoms with van der Waals surface area (Å²) >= 11 is 0. The molecule has 4 amide bonds. The maximum absolute atomic E-state index is 13.4. The number of amides is 4. The number of benzene rings is 3. The van der Waals surface area contributed by atoms with Gasteiger partial charge in [-0.25, -0.2) is 4.98 Å². The number of carbonyl (C=O) groups is 4. The Hall–Kier alpha value is -5.76. The first-order valence-corrected chi connectivity index (χ1v) is 14.1. The fourth-order valence-electron chi connectivity index (χ4n) is 4.65. The van der Waals surface area contributed by atoms with Crippen LogP contribution in [-0.2, 0) is 14.4 Å². The number of hydrogen-bond donors (Lipinski definition) is 8. The van der Waals surface area contributed by atoms with Gasteiger partial charge in [-0.3, -0.25) is 24.2 Å². The molecule has 4 aromatic rings. The predicted molar refractivity (Wildman–Crippen MR) is 171 cm³/mol. The highest BCUT2D eigenvalue weighted by molar-refractivity contribution is 6.15. The van der Waals surface area contributed by atoms with Crippen molar-refractivity contribution in [2.45, 2.75) is 24.9 Å². The molecule has 14 nitrogen and oxygen atoms in total. The van der Waals surface area contributed by atoms with E-state index in [9.17, 15) is 24.3 Å². The highest BCUT2D eigenvalue weighted by Gasteiger charge is 2.25. The van der Waals surface area contributed by atoms with Gasteiger partial charge in [0.25, 0.3) is 5.91 Å². The number of anilines is 2. The van der Waals surface area contributed by atoms with Crippen molar-refractivity contribution in [2.24, 2.45) is 22.2 Å². The Balaban J connectivity index is 1.52. The van der Waals surface area contributed by atoms with Gasteiger partial charge in [-0.1, -0.05) is 48.5 Å². The summed E-state index contributed by atoms with van der Waals surface area (Å²) in [5.41, 5.74) is 18.9. The van der Waals surface area contributed by atoms with Gasteiger partial charge in [0.15, 0.2) is 5.96 Å². The molecule has 0 fully saturated rings. The van der Waals surface area contributed by atoms with Gasteiger partial charge in [0.05, 0.1) is 35.4 Å². The van der Waals surface area contributed by atoms with Gasteiger partial charge >= 0.3 is 0 Å². The minimum atomic E-state index is -1.34. The molecule has 0 bridgehead atoms.